The number of anilines is 1. The minimum atomic E-state index is 0.588. The highest BCUT2D eigenvalue weighted by atomic mass is 16.5. The van der Waals surface area contributed by atoms with Crippen LogP contribution in [0.15, 0.2) is 23.2 Å². The Labute approximate surface area is 157 Å². The lowest BCUT2D eigenvalue weighted by molar-refractivity contribution is 0.161. The van der Waals surface area contributed by atoms with Crippen LogP contribution in [0.5, 0.6) is 11.5 Å². The number of guanidine groups is 1. The molecule has 0 radical (unpaired) electrons. The monoisotopic (exact) mass is 366 g/mol. The van der Waals surface area contributed by atoms with E-state index >= 15 is 0 Å². The van der Waals surface area contributed by atoms with Crippen LogP contribution in [-0.4, -0.2) is 71.5 Å². The van der Waals surface area contributed by atoms with Crippen molar-refractivity contribution in [2.75, 3.05) is 66.0 Å². The van der Waals surface area contributed by atoms with Gasteiger partial charge in [-0.2, -0.15) is 0 Å². The highest BCUT2D eigenvalue weighted by Gasteiger charge is 2.07. The van der Waals surface area contributed by atoms with Crippen LogP contribution in [0.3, 0.4) is 0 Å². The molecule has 0 spiro atoms. The van der Waals surface area contributed by atoms with Gasteiger partial charge in [-0.25, -0.2) is 0 Å². The Morgan fingerprint density at radius 2 is 1.96 bits per heavy atom. The maximum atomic E-state index is 5.63. The van der Waals surface area contributed by atoms with E-state index < -0.39 is 0 Å². The van der Waals surface area contributed by atoms with Crippen molar-refractivity contribution in [2.45, 2.75) is 20.3 Å². The van der Waals surface area contributed by atoms with E-state index in [1.165, 1.54) is 0 Å². The first-order valence-corrected chi connectivity index (χ1v) is 9.18. The molecule has 1 rings (SSSR count). The minimum absolute atomic E-state index is 0.588. The maximum absolute atomic E-state index is 5.63. The summed E-state index contributed by atoms with van der Waals surface area (Å²) in [5, 5.41) is 6.59. The molecule has 0 aliphatic heterocycles. The van der Waals surface area contributed by atoms with Crippen LogP contribution in [0, 0.1) is 0 Å². The van der Waals surface area contributed by atoms with Crippen LogP contribution in [0.25, 0.3) is 0 Å². The first kappa shape index (κ1) is 22.1. The van der Waals surface area contributed by atoms with Crippen molar-refractivity contribution < 1.29 is 14.2 Å². The summed E-state index contributed by atoms with van der Waals surface area (Å²) >= 11 is 0. The van der Waals surface area contributed by atoms with Crippen LogP contribution in [0.2, 0.25) is 0 Å². The van der Waals surface area contributed by atoms with E-state index in [9.17, 15) is 0 Å². The molecule has 148 valence electrons. The summed E-state index contributed by atoms with van der Waals surface area (Å²) in [5.41, 5.74) is 0.908. The first-order valence-electron chi connectivity index (χ1n) is 9.18. The van der Waals surface area contributed by atoms with Gasteiger partial charge in [0.2, 0.25) is 0 Å². The summed E-state index contributed by atoms with van der Waals surface area (Å²) in [5.74, 6) is 2.20. The zero-order chi connectivity index (χ0) is 19.2. The van der Waals surface area contributed by atoms with E-state index in [0.29, 0.717) is 6.61 Å². The Kier molecular flexibility index (Phi) is 11.2. The summed E-state index contributed by atoms with van der Waals surface area (Å²) in [7, 11) is 5.46. The molecule has 26 heavy (non-hydrogen) atoms. The van der Waals surface area contributed by atoms with E-state index in [1.807, 2.05) is 25.1 Å². The SMILES string of the molecule is CCNC(=NCCCN(C)CCOC)Nc1ccc(OC)c(OCC)c1. The third-order valence-electron chi connectivity index (χ3n) is 3.72. The van der Waals surface area contributed by atoms with Gasteiger partial charge in [-0.15, -0.1) is 0 Å². The molecule has 0 aliphatic rings. The lowest BCUT2D eigenvalue weighted by Crippen LogP contribution is -2.31. The Balaban J connectivity index is 2.62. The molecule has 0 atom stereocenters. The second-order valence-electron chi connectivity index (χ2n) is 5.83. The molecule has 1 aromatic rings. The smallest absolute Gasteiger partial charge is 0.195 e. The fraction of sp³-hybridized carbons (Fsp3) is 0.632. The first-order chi connectivity index (χ1) is 12.6. The molecular weight excluding hydrogens is 332 g/mol. The van der Waals surface area contributed by atoms with Crippen LogP contribution >= 0.6 is 0 Å². The normalized spacial score (nSPS) is 11.5. The Morgan fingerprint density at radius 3 is 2.62 bits per heavy atom. The summed E-state index contributed by atoms with van der Waals surface area (Å²) in [6.45, 7) is 8.82. The molecule has 0 amide bonds. The number of nitrogens with one attached hydrogen (secondary N) is 2. The van der Waals surface area contributed by atoms with Crippen molar-refractivity contribution in [2.24, 2.45) is 4.99 Å². The highest BCUT2D eigenvalue weighted by Crippen LogP contribution is 2.30. The largest absolute Gasteiger partial charge is 0.493 e. The average Bonchev–Trinajstić information content (AvgIpc) is 2.64. The molecule has 0 aliphatic carbocycles. The van der Waals surface area contributed by atoms with Crippen molar-refractivity contribution in [3.63, 3.8) is 0 Å². The quantitative estimate of drug-likeness (QED) is 0.336. The van der Waals surface area contributed by atoms with Crippen molar-refractivity contribution >= 4 is 11.6 Å². The number of hydrogen-bond acceptors (Lipinski definition) is 5. The third kappa shape index (κ3) is 8.40. The molecule has 2 N–H and O–H groups in total. The number of hydrogen-bond donors (Lipinski definition) is 2. The number of rotatable bonds is 12. The topological polar surface area (TPSA) is 67.4 Å². The maximum Gasteiger partial charge on any atom is 0.195 e. The number of aliphatic imine (C=N–C) groups is 1. The molecule has 0 fully saturated rings. The van der Waals surface area contributed by atoms with Crippen molar-refractivity contribution in [3.05, 3.63) is 18.2 Å². The predicted octanol–water partition coefficient (Wildman–Crippen LogP) is 2.44. The zero-order valence-electron chi connectivity index (χ0n) is 16.8. The van der Waals surface area contributed by atoms with E-state index in [1.54, 1.807) is 14.2 Å². The van der Waals surface area contributed by atoms with Gasteiger partial charge in [0.05, 0.1) is 20.3 Å². The second-order valence-corrected chi connectivity index (χ2v) is 5.83. The molecule has 0 saturated heterocycles. The van der Waals surface area contributed by atoms with Gasteiger partial charge in [-0.3, -0.25) is 4.99 Å². The number of methoxy groups -OCH3 is 2. The fourth-order valence-electron chi connectivity index (χ4n) is 2.36. The van der Waals surface area contributed by atoms with Crippen LogP contribution in [0.4, 0.5) is 5.69 Å². The van der Waals surface area contributed by atoms with Gasteiger partial charge in [0.15, 0.2) is 17.5 Å². The van der Waals surface area contributed by atoms with Crippen molar-refractivity contribution in [1.29, 1.82) is 0 Å². The molecule has 7 heteroatoms. The van der Waals surface area contributed by atoms with Gasteiger partial charge in [0.25, 0.3) is 0 Å². The summed E-state index contributed by atoms with van der Waals surface area (Å²) in [6.07, 6.45) is 0.990. The Hall–Kier alpha value is -1.99. The summed E-state index contributed by atoms with van der Waals surface area (Å²) < 4.78 is 16.0. The number of ether oxygens (including phenoxy) is 3. The molecule has 1 aromatic carbocycles. The fourth-order valence-corrected chi connectivity index (χ4v) is 2.36. The number of likely N-dealkylation sites (N-methyl/N-ethyl adjacent to an activating group) is 1. The minimum Gasteiger partial charge on any atom is -0.493 e. The van der Waals surface area contributed by atoms with Crippen LogP contribution < -0.4 is 20.1 Å². The summed E-state index contributed by atoms with van der Waals surface area (Å²) in [4.78, 5) is 6.89. The van der Waals surface area contributed by atoms with Gasteiger partial charge in [-0.05, 0) is 46.0 Å². The Morgan fingerprint density at radius 1 is 1.15 bits per heavy atom. The Bertz CT molecular complexity index is 538. The van der Waals surface area contributed by atoms with Crippen molar-refractivity contribution in [3.8, 4) is 11.5 Å². The van der Waals surface area contributed by atoms with E-state index in [2.05, 4.69) is 34.5 Å². The number of nitrogens with zero attached hydrogens (tertiary/aromatic N) is 2. The molecular formula is C19H34N4O3. The molecule has 0 bridgehead atoms. The van der Waals surface area contributed by atoms with Crippen LogP contribution in [0.1, 0.15) is 20.3 Å². The van der Waals surface area contributed by atoms with E-state index in [0.717, 1.165) is 62.4 Å². The van der Waals surface area contributed by atoms with Crippen molar-refractivity contribution in [1.82, 2.24) is 10.2 Å². The molecule has 0 heterocycles. The highest BCUT2D eigenvalue weighted by molar-refractivity contribution is 5.93. The zero-order valence-corrected chi connectivity index (χ0v) is 16.8. The molecule has 0 saturated carbocycles. The molecule has 0 aromatic heterocycles. The second kappa shape index (κ2) is 13.2. The molecule has 7 nitrogen and oxygen atoms in total. The lowest BCUT2D eigenvalue weighted by atomic mass is 10.2. The number of benzene rings is 1. The average molecular weight is 367 g/mol. The van der Waals surface area contributed by atoms with E-state index in [-0.39, 0.29) is 0 Å². The van der Waals surface area contributed by atoms with E-state index in [4.69, 9.17) is 14.2 Å². The predicted molar refractivity (Wildman–Crippen MR) is 108 cm³/mol. The lowest BCUT2D eigenvalue weighted by Gasteiger charge is -2.16. The molecule has 0 unspecified atom stereocenters. The standard InChI is InChI=1S/C19H34N4O3/c1-6-20-19(21-11-8-12-23(3)13-14-24-4)22-16-9-10-17(25-5)18(15-16)26-7-2/h9-10,15H,6-8,11-14H2,1-5H3,(H2,20,21,22). The third-order valence-corrected chi connectivity index (χ3v) is 3.72. The van der Waals surface area contributed by atoms with Crippen LogP contribution in [-0.2, 0) is 4.74 Å². The van der Waals surface area contributed by atoms with Gasteiger partial charge in [0.1, 0.15) is 0 Å². The van der Waals surface area contributed by atoms with Gasteiger partial charge < -0.3 is 29.7 Å². The van der Waals surface area contributed by atoms with Gasteiger partial charge in [-0.1, -0.05) is 0 Å². The van der Waals surface area contributed by atoms with Gasteiger partial charge in [0, 0.05) is 38.5 Å². The van der Waals surface area contributed by atoms with Gasteiger partial charge >= 0.3 is 0 Å². The summed E-state index contributed by atoms with van der Waals surface area (Å²) in [6, 6.07) is 5.77.